The summed E-state index contributed by atoms with van der Waals surface area (Å²) in [5.41, 5.74) is 0.448. The minimum Gasteiger partial charge on any atom is -0.507 e. The van der Waals surface area contributed by atoms with Gasteiger partial charge >= 0.3 is 5.97 Å². The van der Waals surface area contributed by atoms with Gasteiger partial charge in [0.25, 0.3) is 5.56 Å². The number of aromatic carboxylic acids is 1. The fourth-order valence-corrected chi connectivity index (χ4v) is 2.10. The van der Waals surface area contributed by atoms with E-state index in [9.17, 15) is 14.7 Å². The molecule has 8 nitrogen and oxygen atoms in total. The van der Waals surface area contributed by atoms with E-state index in [-0.39, 0.29) is 23.0 Å². The first-order chi connectivity index (χ1) is 11.5. The number of hydrogen-bond donors (Lipinski definition) is 4. The van der Waals surface area contributed by atoms with Crippen molar-refractivity contribution in [1.29, 1.82) is 0 Å². The van der Waals surface area contributed by atoms with E-state index in [1.807, 2.05) is 6.07 Å². The largest absolute Gasteiger partial charge is 0.507 e. The monoisotopic (exact) mass is 324 g/mol. The summed E-state index contributed by atoms with van der Waals surface area (Å²) >= 11 is 0. The van der Waals surface area contributed by atoms with Gasteiger partial charge in [-0.2, -0.15) is 0 Å². The summed E-state index contributed by atoms with van der Waals surface area (Å²) in [4.78, 5) is 25.7. The van der Waals surface area contributed by atoms with Crippen molar-refractivity contribution in [3.63, 3.8) is 0 Å². The van der Waals surface area contributed by atoms with Crippen LogP contribution >= 0.6 is 0 Å². The van der Waals surface area contributed by atoms with Crippen LogP contribution in [0.3, 0.4) is 0 Å². The molecule has 120 valence electrons. The third-order valence-electron chi connectivity index (χ3n) is 3.23. The van der Waals surface area contributed by atoms with Gasteiger partial charge in [-0.15, -0.1) is 10.2 Å². The van der Waals surface area contributed by atoms with E-state index in [1.165, 1.54) is 18.2 Å². The summed E-state index contributed by atoms with van der Waals surface area (Å²) in [7, 11) is 0. The second kappa shape index (κ2) is 6.21. The zero-order chi connectivity index (χ0) is 17.1. The summed E-state index contributed by atoms with van der Waals surface area (Å²) in [6, 6.07) is 12.8. The van der Waals surface area contributed by atoms with Gasteiger partial charge in [-0.1, -0.05) is 30.3 Å². The summed E-state index contributed by atoms with van der Waals surface area (Å²) < 4.78 is 0. The van der Waals surface area contributed by atoms with Crippen molar-refractivity contribution in [2.24, 2.45) is 0 Å². The molecule has 0 aliphatic carbocycles. The van der Waals surface area contributed by atoms with E-state index in [2.05, 4.69) is 20.5 Å². The highest BCUT2D eigenvalue weighted by Gasteiger charge is 2.11. The highest BCUT2D eigenvalue weighted by atomic mass is 16.4. The van der Waals surface area contributed by atoms with Crippen molar-refractivity contribution >= 4 is 17.6 Å². The summed E-state index contributed by atoms with van der Waals surface area (Å²) in [5, 5.41) is 29.0. The second-order valence-electron chi connectivity index (χ2n) is 4.88. The van der Waals surface area contributed by atoms with Crippen LogP contribution in [0.4, 0.5) is 11.6 Å². The van der Waals surface area contributed by atoms with Crippen LogP contribution in [-0.2, 0) is 0 Å². The maximum atomic E-state index is 12.1. The normalized spacial score (nSPS) is 10.3. The third kappa shape index (κ3) is 3.07. The number of H-pyrrole nitrogens is 1. The molecular weight excluding hydrogens is 312 g/mol. The Morgan fingerprint density at radius 2 is 1.83 bits per heavy atom. The van der Waals surface area contributed by atoms with E-state index in [0.29, 0.717) is 11.3 Å². The molecule has 0 atom stereocenters. The molecule has 24 heavy (non-hydrogen) atoms. The first-order valence-corrected chi connectivity index (χ1v) is 6.90. The van der Waals surface area contributed by atoms with Crippen molar-refractivity contribution in [3.8, 4) is 17.0 Å². The van der Waals surface area contributed by atoms with Crippen LogP contribution in [0.1, 0.15) is 10.4 Å². The number of aromatic amines is 1. The number of aromatic hydroxyl groups is 1. The number of carboxylic acids is 1. The first kappa shape index (κ1) is 15.2. The Morgan fingerprint density at radius 1 is 1.08 bits per heavy atom. The highest BCUT2D eigenvalue weighted by molar-refractivity contribution is 5.92. The quantitative estimate of drug-likeness (QED) is 0.540. The minimum absolute atomic E-state index is 0.0571. The predicted molar refractivity (Wildman–Crippen MR) is 86.4 cm³/mol. The number of nitrogens with zero attached hydrogens (tertiary/aromatic N) is 2. The molecule has 0 unspecified atom stereocenters. The van der Waals surface area contributed by atoms with Crippen molar-refractivity contribution in [2.75, 3.05) is 5.32 Å². The average molecular weight is 324 g/mol. The molecular formula is C16H12N4O4. The van der Waals surface area contributed by atoms with Gasteiger partial charge in [-0.05, 0) is 18.2 Å². The molecule has 0 amide bonds. The lowest BCUT2D eigenvalue weighted by atomic mass is 10.2. The molecule has 3 aromatic rings. The van der Waals surface area contributed by atoms with Crippen LogP contribution in [0.2, 0.25) is 0 Å². The molecule has 8 heteroatoms. The van der Waals surface area contributed by atoms with Crippen LogP contribution < -0.4 is 10.9 Å². The molecule has 0 aliphatic heterocycles. The molecule has 0 radical (unpaired) electrons. The van der Waals surface area contributed by atoms with Crippen molar-refractivity contribution in [3.05, 3.63) is 64.4 Å². The van der Waals surface area contributed by atoms with Gasteiger partial charge in [0.1, 0.15) is 11.3 Å². The summed E-state index contributed by atoms with van der Waals surface area (Å²) in [5.74, 6) is -1.57. The molecule has 0 saturated heterocycles. The van der Waals surface area contributed by atoms with Gasteiger partial charge in [0.05, 0.1) is 0 Å². The first-order valence-electron chi connectivity index (χ1n) is 6.90. The zero-order valence-electron chi connectivity index (χ0n) is 12.2. The van der Waals surface area contributed by atoms with E-state index < -0.39 is 11.5 Å². The summed E-state index contributed by atoms with van der Waals surface area (Å²) in [6.07, 6.45) is 0. The van der Waals surface area contributed by atoms with Crippen molar-refractivity contribution < 1.29 is 15.0 Å². The number of rotatable bonds is 4. The Labute approximate surface area is 135 Å². The summed E-state index contributed by atoms with van der Waals surface area (Å²) in [6.45, 7) is 0. The fourth-order valence-electron chi connectivity index (χ4n) is 2.10. The van der Waals surface area contributed by atoms with Crippen LogP contribution in [0.15, 0.2) is 53.3 Å². The molecule has 3 rings (SSSR count). The lowest BCUT2D eigenvalue weighted by molar-refractivity contribution is 0.0694. The molecule has 1 heterocycles. The standard InChI is InChI=1S/C16H12N4O4/c21-12-7-6-10(8-11(12)15(23)24)17-16-18-14(22)13(19-20-16)9-4-2-1-3-5-9/h1-8,21H,(H,23,24)(H2,17,18,20,22). The van der Waals surface area contributed by atoms with Crippen LogP contribution in [0.25, 0.3) is 11.3 Å². The number of carbonyl (C=O) groups is 1. The lowest BCUT2D eigenvalue weighted by Gasteiger charge is -2.07. The van der Waals surface area contributed by atoms with Gasteiger partial charge in [0, 0.05) is 11.3 Å². The van der Waals surface area contributed by atoms with Gasteiger partial charge in [0.2, 0.25) is 5.95 Å². The number of anilines is 2. The Balaban J connectivity index is 1.90. The topological polar surface area (TPSA) is 128 Å². The molecule has 4 N–H and O–H groups in total. The smallest absolute Gasteiger partial charge is 0.339 e. The maximum absolute atomic E-state index is 12.1. The van der Waals surface area contributed by atoms with Gasteiger partial charge < -0.3 is 15.5 Å². The molecule has 0 fully saturated rings. The fraction of sp³-hybridized carbons (Fsp3) is 0. The molecule has 0 bridgehead atoms. The zero-order valence-corrected chi connectivity index (χ0v) is 12.2. The van der Waals surface area contributed by atoms with Crippen LogP contribution in [0, 0.1) is 0 Å². The average Bonchev–Trinajstić information content (AvgIpc) is 2.57. The number of carboxylic acid groups (broad SMARTS) is 1. The van der Waals surface area contributed by atoms with E-state index in [0.717, 1.165) is 0 Å². The van der Waals surface area contributed by atoms with Gasteiger partial charge in [-0.25, -0.2) is 4.79 Å². The lowest BCUT2D eigenvalue weighted by Crippen LogP contribution is -2.15. The predicted octanol–water partition coefficient (Wildman–Crippen LogP) is 1.98. The number of nitrogens with one attached hydrogen (secondary N) is 2. The molecule has 1 aromatic heterocycles. The van der Waals surface area contributed by atoms with Crippen LogP contribution in [0.5, 0.6) is 5.75 Å². The molecule has 0 aliphatic rings. The van der Waals surface area contributed by atoms with E-state index in [1.54, 1.807) is 24.3 Å². The third-order valence-corrected chi connectivity index (χ3v) is 3.23. The van der Waals surface area contributed by atoms with Crippen molar-refractivity contribution in [1.82, 2.24) is 15.2 Å². The number of benzene rings is 2. The maximum Gasteiger partial charge on any atom is 0.339 e. The Bertz CT molecular complexity index is 954. The van der Waals surface area contributed by atoms with Gasteiger partial charge in [0.15, 0.2) is 5.69 Å². The van der Waals surface area contributed by atoms with E-state index >= 15 is 0 Å². The SMILES string of the molecule is O=C(O)c1cc(Nc2nnc(-c3ccccc3)c(=O)[nH]2)ccc1O. The highest BCUT2D eigenvalue weighted by Crippen LogP contribution is 2.22. The Hall–Kier alpha value is -3.68. The van der Waals surface area contributed by atoms with E-state index in [4.69, 9.17) is 5.11 Å². The number of aromatic nitrogens is 3. The van der Waals surface area contributed by atoms with Gasteiger partial charge in [-0.3, -0.25) is 9.78 Å². The molecule has 0 spiro atoms. The number of hydrogen-bond acceptors (Lipinski definition) is 6. The second-order valence-corrected chi connectivity index (χ2v) is 4.88. The van der Waals surface area contributed by atoms with Crippen LogP contribution in [-0.4, -0.2) is 31.4 Å². The molecule has 2 aromatic carbocycles. The minimum atomic E-state index is -1.27. The Kier molecular flexibility index (Phi) is 3.94. The molecule has 0 saturated carbocycles. The Morgan fingerprint density at radius 3 is 2.50 bits per heavy atom. The number of phenols is 1. The van der Waals surface area contributed by atoms with Crippen molar-refractivity contribution in [2.45, 2.75) is 0 Å².